The van der Waals surface area contributed by atoms with Crippen LogP contribution in [-0.2, 0) is 12.8 Å². The van der Waals surface area contributed by atoms with Gasteiger partial charge in [-0.1, -0.05) is 32.0 Å². The third-order valence-corrected chi connectivity index (χ3v) is 2.98. The van der Waals surface area contributed by atoms with Gasteiger partial charge in [-0.25, -0.2) is 9.48 Å². The summed E-state index contributed by atoms with van der Waals surface area (Å²) in [5.41, 5.74) is 3.00. The second kappa shape index (κ2) is 5.04. The zero-order valence-electron chi connectivity index (χ0n) is 10.6. The maximum atomic E-state index is 11.1. The standard InChI is InChI=1S/C14H16N2O2/c1-3-10-7-5-6-8-13(10)16-9-11(14(17)18)12(4-2)15-16/h5-9H,3-4H2,1-2H3,(H,17,18). The molecule has 0 fully saturated rings. The molecule has 18 heavy (non-hydrogen) atoms. The second-order valence-electron chi connectivity index (χ2n) is 4.08. The second-order valence-corrected chi connectivity index (χ2v) is 4.08. The summed E-state index contributed by atoms with van der Waals surface area (Å²) in [6.07, 6.45) is 3.10. The smallest absolute Gasteiger partial charge is 0.339 e. The van der Waals surface area contributed by atoms with E-state index in [4.69, 9.17) is 5.11 Å². The molecule has 0 saturated carbocycles. The fourth-order valence-electron chi connectivity index (χ4n) is 2.01. The lowest BCUT2D eigenvalue weighted by Gasteiger charge is -2.06. The summed E-state index contributed by atoms with van der Waals surface area (Å²) in [6.45, 7) is 3.98. The summed E-state index contributed by atoms with van der Waals surface area (Å²) >= 11 is 0. The molecule has 0 spiro atoms. The van der Waals surface area contributed by atoms with E-state index in [0.717, 1.165) is 17.7 Å². The highest BCUT2D eigenvalue weighted by molar-refractivity contribution is 5.88. The molecule has 1 heterocycles. The van der Waals surface area contributed by atoms with Gasteiger partial charge in [0.05, 0.1) is 11.4 Å². The quantitative estimate of drug-likeness (QED) is 0.899. The number of aromatic nitrogens is 2. The molecule has 94 valence electrons. The van der Waals surface area contributed by atoms with E-state index >= 15 is 0 Å². The number of hydrogen-bond acceptors (Lipinski definition) is 2. The van der Waals surface area contributed by atoms with Crippen molar-refractivity contribution in [3.8, 4) is 5.69 Å². The van der Waals surface area contributed by atoms with Crippen molar-refractivity contribution >= 4 is 5.97 Å². The van der Waals surface area contributed by atoms with Gasteiger partial charge in [0.2, 0.25) is 0 Å². The minimum Gasteiger partial charge on any atom is -0.478 e. The number of nitrogens with zero attached hydrogens (tertiary/aromatic N) is 2. The van der Waals surface area contributed by atoms with Gasteiger partial charge in [-0.2, -0.15) is 5.10 Å². The Bertz CT molecular complexity index is 573. The van der Waals surface area contributed by atoms with Gasteiger partial charge in [-0.05, 0) is 24.5 Å². The summed E-state index contributed by atoms with van der Waals surface area (Å²) in [4.78, 5) is 11.1. The Morgan fingerprint density at radius 1 is 1.28 bits per heavy atom. The van der Waals surface area contributed by atoms with Gasteiger partial charge in [0.25, 0.3) is 0 Å². The molecule has 2 rings (SSSR count). The van der Waals surface area contributed by atoms with Crippen LogP contribution in [0.2, 0.25) is 0 Å². The van der Waals surface area contributed by atoms with Crippen molar-refractivity contribution in [1.82, 2.24) is 9.78 Å². The van der Waals surface area contributed by atoms with Crippen LogP contribution in [0.15, 0.2) is 30.5 Å². The van der Waals surface area contributed by atoms with Crippen LogP contribution in [0, 0.1) is 0 Å². The lowest BCUT2D eigenvalue weighted by Crippen LogP contribution is -1.99. The van der Waals surface area contributed by atoms with E-state index in [1.54, 1.807) is 10.9 Å². The molecule has 0 saturated heterocycles. The topological polar surface area (TPSA) is 55.1 Å². The molecule has 0 aliphatic carbocycles. The van der Waals surface area contributed by atoms with Crippen molar-refractivity contribution in [3.63, 3.8) is 0 Å². The normalized spacial score (nSPS) is 10.6. The summed E-state index contributed by atoms with van der Waals surface area (Å²) in [5, 5.41) is 13.5. The van der Waals surface area contributed by atoms with E-state index in [-0.39, 0.29) is 5.56 Å². The molecule has 1 N–H and O–H groups in total. The van der Waals surface area contributed by atoms with Crippen LogP contribution < -0.4 is 0 Å². The lowest BCUT2D eigenvalue weighted by molar-refractivity contribution is 0.0695. The molecular weight excluding hydrogens is 228 g/mol. The largest absolute Gasteiger partial charge is 0.478 e. The van der Waals surface area contributed by atoms with Crippen LogP contribution >= 0.6 is 0 Å². The molecule has 4 heteroatoms. The number of aryl methyl sites for hydroxylation is 2. The number of rotatable bonds is 4. The predicted octanol–water partition coefficient (Wildman–Crippen LogP) is 2.70. The third kappa shape index (κ3) is 2.14. The van der Waals surface area contributed by atoms with Gasteiger partial charge < -0.3 is 5.11 Å². The highest BCUT2D eigenvalue weighted by Gasteiger charge is 2.15. The van der Waals surface area contributed by atoms with Crippen molar-refractivity contribution in [2.75, 3.05) is 0 Å². The van der Waals surface area contributed by atoms with Crippen LogP contribution in [-0.4, -0.2) is 20.9 Å². The molecule has 0 atom stereocenters. The number of aromatic carboxylic acids is 1. The first-order chi connectivity index (χ1) is 8.67. The maximum absolute atomic E-state index is 11.1. The number of carboxylic acid groups (broad SMARTS) is 1. The highest BCUT2D eigenvalue weighted by atomic mass is 16.4. The van der Waals surface area contributed by atoms with Crippen molar-refractivity contribution in [3.05, 3.63) is 47.3 Å². The van der Waals surface area contributed by atoms with E-state index in [1.807, 2.05) is 31.2 Å². The molecule has 4 nitrogen and oxygen atoms in total. The van der Waals surface area contributed by atoms with Crippen molar-refractivity contribution in [2.24, 2.45) is 0 Å². The molecule has 0 aliphatic rings. The first-order valence-electron chi connectivity index (χ1n) is 6.07. The molecule has 0 unspecified atom stereocenters. The van der Waals surface area contributed by atoms with Crippen molar-refractivity contribution < 1.29 is 9.90 Å². The Morgan fingerprint density at radius 3 is 2.56 bits per heavy atom. The van der Waals surface area contributed by atoms with Crippen LogP contribution in [0.5, 0.6) is 0 Å². The van der Waals surface area contributed by atoms with Gasteiger partial charge >= 0.3 is 5.97 Å². The molecule has 1 aromatic carbocycles. The highest BCUT2D eigenvalue weighted by Crippen LogP contribution is 2.17. The summed E-state index contributed by atoms with van der Waals surface area (Å²) < 4.78 is 1.67. The fourth-order valence-corrected chi connectivity index (χ4v) is 2.01. The van der Waals surface area contributed by atoms with E-state index in [9.17, 15) is 4.79 Å². The third-order valence-electron chi connectivity index (χ3n) is 2.98. The average molecular weight is 244 g/mol. The van der Waals surface area contributed by atoms with E-state index in [0.29, 0.717) is 12.1 Å². The van der Waals surface area contributed by atoms with Gasteiger partial charge in [-0.3, -0.25) is 0 Å². The summed E-state index contributed by atoms with van der Waals surface area (Å²) in [7, 11) is 0. The van der Waals surface area contributed by atoms with Crippen LogP contribution in [0.4, 0.5) is 0 Å². The zero-order valence-corrected chi connectivity index (χ0v) is 10.6. The number of para-hydroxylation sites is 1. The molecule has 0 radical (unpaired) electrons. The van der Waals surface area contributed by atoms with Crippen LogP contribution in [0.3, 0.4) is 0 Å². The van der Waals surface area contributed by atoms with Crippen LogP contribution in [0.25, 0.3) is 5.69 Å². The van der Waals surface area contributed by atoms with Crippen molar-refractivity contribution in [2.45, 2.75) is 26.7 Å². The maximum Gasteiger partial charge on any atom is 0.339 e. The fraction of sp³-hybridized carbons (Fsp3) is 0.286. The first-order valence-corrected chi connectivity index (χ1v) is 6.07. The Morgan fingerprint density at radius 2 is 2.00 bits per heavy atom. The molecule has 0 amide bonds. The zero-order chi connectivity index (χ0) is 13.1. The Balaban J connectivity index is 2.54. The van der Waals surface area contributed by atoms with Gasteiger partial charge in [0.15, 0.2) is 0 Å². The SMILES string of the molecule is CCc1ccccc1-n1cc(C(=O)O)c(CC)n1. The Labute approximate surface area is 106 Å². The van der Waals surface area contributed by atoms with E-state index in [1.165, 1.54) is 0 Å². The predicted molar refractivity (Wildman–Crippen MR) is 69.3 cm³/mol. The molecule has 0 bridgehead atoms. The van der Waals surface area contributed by atoms with Gasteiger partial charge in [0, 0.05) is 6.20 Å². The minimum atomic E-state index is -0.924. The van der Waals surface area contributed by atoms with Gasteiger partial charge in [-0.15, -0.1) is 0 Å². The molecule has 0 aliphatic heterocycles. The summed E-state index contributed by atoms with van der Waals surface area (Å²) in [5.74, 6) is -0.924. The summed E-state index contributed by atoms with van der Waals surface area (Å²) in [6, 6.07) is 7.90. The number of carboxylic acids is 1. The number of benzene rings is 1. The number of carbonyl (C=O) groups is 1. The molecule has 1 aromatic heterocycles. The van der Waals surface area contributed by atoms with Crippen LogP contribution in [0.1, 0.15) is 35.5 Å². The number of hydrogen-bond donors (Lipinski definition) is 1. The molecular formula is C14H16N2O2. The minimum absolute atomic E-state index is 0.281. The average Bonchev–Trinajstić information content (AvgIpc) is 2.82. The molecule has 2 aromatic rings. The first kappa shape index (κ1) is 12.4. The van der Waals surface area contributed by atoms with E-state index < -0.39 is 5.97 Å². The Hall–Kier alpha value is -2.10. The monoisotopic (exact) mass is 244 g/mol. The van der Waals surface area contributed by atoms with Crippen molar-refractivity contribution in [1.29, 1.82) is 0 Å². The van der Waals surface area contributed by atoms with E-state index in [2.05, 4.69) is 12.0 Å². The lowest BCUT2D eigenvalue weighted by atomic mass is 10.1. The van der Waals surface area contributed by atoms with Gasteiger partial charge in [0.1, 0.15) is 5.56 Å². The Kier molecular flexibility index (Phi) is 3.46.